The molecule has 0 atom stereocenters. The standard InChI is InChI=1S/C21H29NO.C2H2O4/c1-21(2,18-10-6-5-7-11-18)19-12-14-20(15-13-19)23-17-9-8-16-22(3)4;3-1(4)2(5)6/h5-7,10-15H,8-9,16-17H2,1-4H3;(H,3,4)(H,5,6). The number of ether oxygens (including phenoxy) is 1. The predicted octanol–water partition coefficient (Wildman–Crippen LogP) is 3.89. The van der Waals surface area contributed by atoms with E-state index in [-0.39, 0.29) is 5.41 Å². The summed E-state index contributed by atoms with van der Waals surface area (Å²) in [4.78, 5) is 20.4. The van der Waals surface area contributed by atoms with Gasteiger partial charge in [0.2, 0.25) is 0 Å². The predicted molar refractivity (Wildman–Crippen MR) is 114 cm³/mol. The number of rotatable bonds is 8. The van der Waals surface area contributed by atoms with Gasteiger partial charge in [-0.1, -0.05) is 56.3 Å². The van der Waals surface area contributed by atoms with Gasteiger partial charge in [0.15, 0.2) is 0 Å². The Bertz CT molecular complexity index is 743. The third-order valence-corrected chi connectivity index (χ3v) is 4.52. The Labute approximate surface area is 172 Å². The highest BCUT2D eigenvalue weighted by Crippen LogP contribution is 2.32. The molecule has 0 bridgehead atoms. The van der Waals surface area contributed by atoms with Crippen LogP contribution in [0.25, 0.3) is 0 Å². The minimum atomic E-state index is -1.82. The lowest BCUT2D eigenvalue weighted by Crippen LogP contribution is -2.18. The maximum absolute atomic E-state index is 9.10. The molecule has 29 heavy (non-hydrogen) atoms. The zero-order chi connectivity index (χ0) is 21.9. The zero-order valence-corrected chi connectivity index (χ0v) is 17.6. The van der Waals surface area contributed by atoms with Crippen LogP contribution in [0.3, 0.4) is 0 Å². The minimum absolute atomic E-state index is 0.00546. The molecule has 0 saturated carbocycles. The lowest BCUT2D eigenvalue weighted by molar-refractivity contribution is -0.159. The molecule has 0 aliphatic heterocycles. The molecule has 2 aromatic carbocycles. The molecular weight excluding hydrogens is 370 g/mol. The molecule has 0 fully saturated rings. The first-order chi connectivity index (χ1) is 13.6. The first-order valence-electron chi connectivity index (χ1n) is 9.54. The van der Waals surface area contributed by atoms with E-state index in [9.17, 15) is 0 Å². The van der Waals surface area contributed by atoms with Crippen molar-refractivity contribution in [3.63, 3.8) is 0 Å². The van der Waals surface area contributed by atoms with Gasteiger partial charge in [-0.25, -0.2) is 9.59 Å². The third-order valence-electron chi connectivity index (χ3n) is 4.52. The summed E-state index contributed by atoms with van der Waals surface area (Å²) in [7, 11) is 4.21. The molecule has 0 aliphatic carbocycles. The van der Waals surface area contributed by atoms with E-state index in [0.717, 1.165) is 25.3 Å². The first-order valence-corrected chi connectivity index (χ1v) is 9.54. The summed E-state index contributed by atoms with van der Waals surface area (Å²) < 4.78 is 5.84. The van der Waals surface area contributed by atoms with E-state index in [2.05, 4.69) is 87.4 Å². The molecule has 6 nitrogen and oxygen atoms in total. The summed E-state index contributed by atoms with van der Waals surface area (Å²) >= 11 is 0. The summed E-state index contributed by atoms with van der Waals surface area (Å²) in [5.74, 6) is -2.69. The molecule has 0 heterocycles. The third kappa shape index (κ3) is 8.79. The van der Waals surface area contributed by atoms with Gasteiger partial charge in [-0.05, 0) is 56.7 Å². The fraction of sp³-hybridized carbons (Fsp3) is 0.391. The van der Waals surface area contributed by atoms with Crippen LogP contribution in [-0.2, 0) is 15.0 Å². The van der Waals surface area contributed by atoms with E-state index in [1.807, 2.05) is 0 Å². The van der Waals surface area contributed by atoms with Crippen molar-refractivity contribution in [1.82, 2.24) is 4.90 Å². The van der Waals surface area contributed by atoms with E-state index in [1.54, 1.807) is 0 Å². The number of carboxylic acid groups (broad SMARTS) is 2. The van der Waals surface area contributed by atoms with Crippen molar-refractivity contribution in [2.24, 2.45) is 0 Å². The fourth-order valence-electron chi connectivity index (χ4n) is 2.71. The van der Waals surface area contributed by atoms with Crippen molar-refractivity contribution < 1.29 is 24.5 Å². The molecule has 2 N–H and O–H groups in total. The van der Waals surface area contributed by atoms with Gasteiger partial charge in [0.25, 0.3) is 0 Å². The number of carboxylic acids is 2. The second kappa shape index (κ2) is 11.9. The van der Waals surface area contributed by atoms with Crippen molar-refractivity contribution in [1.29, 1.82) is 0 Å². The summed E-state index contributed by atoms with van der Waals surface area (Å²) in [6.07, 6.45) is 2.27. The molecule has 0 spiro atoms. The van der Waals surface area contributed by atoms with Crippen LogP contribution >= 0.6 is 0 Å². The zero-order valence-electron chi connectivity index (χ0n) is 17.6. The molecule has 6 heteroatoms. The molecule has 2 rings (SSSR count). The molecule has 158 valence electrons. The Morgan fingerprint density at radius 2 is 1.38 bits per heavy atom. The second-order valence-corrected chi connectivity index (χ2v) is 7.48. The molecular formula is C23H31NO5. The van der Waals surface area contributed by atoms with E-state index in [0.29, 0.717) is 0 Å². The maximum Gasteiger partial charge on any atom is 0.414 e. The quantitative estimate of drug-likeness (QED) is 0.515. The van der Waals surface area contributed by atoms with Crippen LogP contribution in [0, 0.1) is 0 Å². The Morgan fingerprint density at radius 3 is 1.86 bits per heavy atom. The van der Waals surface area contributed by atoms with Crippen LogP contribution < -0.4 is 4.74 Å². The van der Waals surface area contributed by atoms with E-state index in [1.165, 1.54) is 17.5 Å². The van der Waals surface area contributed by atoms with Crippen LogP contribution in [0.15, 0.2) is 54.6 Å². The van der Waals surface area contributed by atoms with Gasteiger partial charge in [0.1, 0.15) is 5.75 Å². The lowest BCUT2D eigenvalue weighted by Gasteiger charge is -2.26. The van der Waals surface area contributed by atoms with E-state index in [4.69, 9.17) is 24.5 Å². The Kier molecular flexibility index (Phi) is 9.89. The number of aliphatic carboxylic acids is 2. The Morgan fingerprint density at radius 1 is 0.862 bits per heavy atom. The van der Waals surface area contributed by atoms with E-state index < -0.39 is 11.9 Å². The van der Waals surface area contributed by atoms with E-state index >= 15 is 0 Å². The van der Waals surface area contributed by atoms with Gasteiger partial charge < -0.3 is 19.8 Å². The smallest absolute Gasteiger partial charge is 0.414 e. The number of benzene rings is 2. The topological polar surface area (TPSA) is 87.1 Å². The van der Waals surface area contributed by atoms with Gasteiger partial charge in [-0.15, -0.1) is 0 Å². The van der Waals surface area contributed by atoms with Crippen molar-refractivity contribution in [2.75, 3.05) is 27.2 Å². The van der Waals surface area contributed by atoms with Gasteiger partial charge in [0, 0.05) is 5.41 Å². The number of hydrogen-bond donors (Lipinski definition) is 2. The highest BCUT2D eigenvalue weighted by molar-refractivity contribution is 6.27. The molecule has 0 radical (unpaired) electrons. The normalized spacial score (nSPS) is 10.8. The SMILES string of the molecule is CN(C)CCCCOc1ccc(C(C)(C)c2ccccc2)cc1.O=C(O)C(=O)O. The molecule has 0 amide bonds. The summed E-state index contributed by atoms with van der Waals surface area (Å²) in [5, 5.41) is 14.8. The van der Waals surface area contributed by atoms with Crippen LogP contribution in [0.1, 0.15) is 37.8 Å². The average Bonchev–Trinajstić information content (AvgIpc) is 2.69. The second-order valence-electron chi connectivity index (χ2n) is 7.48. The summed E-state index contributed by atoms with van der Waals surface area (Å²) in [5.41, 5.74) is 2.65. The van der Waals surface area contributed by atoms with Crippen molar-refractivity contribution in [3.05, 3.63) is 65.7 Å². The molecule has 0 aromatic heterocycles. The molecule has 0 aliphatic rings. The van der Waals surface area contributed by atoms with Crippen LogP contribution in [0.5, 0.6) is 5.75 Å². The number of nitrogens with zero attached hydrogens (tertiary/aromatic N) is 1. The fourth-order valence-corrected chi connectivity index (χ4v) is 2.71. The molecule has 2 aromatic rings. The Hall–Kier alpha value is -2.86. The minimum Gasteiger partial charge on any atom is -0.494 e. The summed E-state index contributed by atoms with van der Waals surface area (Å²) in [6, 6.07) is 19.2. The van der Waals surface area contributed by atoms with Crippen molar-refractivity contribution >= 4 is 11.9 Å². The number of hydrogen-bond acceptors (Lipinski definition) is 4. The van der Waals surface area contributed by atoms with Crippen LogP contribution in [0.4, 0.5) is 0 Å². The highest BCUT2D eigenvalue weighted by Gasteiger charge is 2.22. The monoisotopic (exact) mass is 401 g/mol. The number of carbonyl (C=O) groups is 2. The average molecular weight is 402 g/mol. The summed E-state index contributed by atoms with van der Waals surface area (Å²) in [6.45, 7) is 6.43. The highest BCUT2D eigenvalue weighted by atomic mass is 16.5. The Balaban J connectivity index is 0.000000612. The van der Waals surface area contributed by atoms with Gasteiger partial charge in [-0.3, -0.25) is 0 Å². The van der Waals surface area contributed by atoms with Crippen LogP contribution in [-0.4, -0.2) is 54.3 Å². The van der Waals surface area contributed by atoms with Crippen molar-refractivity contribution in [2.45, 2.75) is 32.1 Å². The maximum atomic E-state index is 9.10. The van der Waals surface area contributed by atoms with Crippen molar-refractivity contribution in [3.8, 4) is 5.75 Å². The van der Waals surface area contributed by atoms with Gasteiger partial charge in [0.05, 0.1) is 6.61 Å². The largest absolute Gasteiger partial charge is 0.494 e. The van der Waals surface area contributed by atoms with Crippen LogP contribution in [0.2, 0.25) is 0 Å². The van der Waals surface area contributed by atoms with Gasteiger partial charge in [-0.2, -0.15) is 0 Å². The molecule has 0 unspecified atom stereocenters. The first kappa shape index (κ1) is 24.2. The van der Waals surface area contributed by atoms with Gasteiger partial charge >= 0.3 is 11.9 Å². The molecule has 0 saturated heterocycles. The lowest BCUT2D eigenvalue weighted by atomic mass is 9.78. The number of unbranched alkanes of at least 4 members (excludes halogenated alkanes) is 1.